The summed E-state index contributed by atoms with van der Waals surface area (Å²) >= 11 is 1.70. The van der Waals surface area contributed by atoms with Gasteiger partial charge in [0.05, 0.1) is 21.3 Å². The van der Waals surface area contributed by atoms with Crippen LogP contribution >= 0.6 is 11.3 Å². The SMILES string of the molecule is O=C(CCc1nc2ccccc2s1)N1CCCC1c1ccccc1. The quantitative estimate of drug-likeness (QED) is 0.698. The van der Waals surface area contributed by atoms with E-state index in [1.807, 2.05) is 24.3 Å². The molecule has 122 valence electrons. The number of benzene rings is 2. The molecule has 2 aromatic carbocycles. The fourth-order valence-electron chi connectivity index (χ4n) is 3.47. The van der Waals surface area contributed by atoms with Crippen molar-refractivity contribution in [1.82, 2.24) is 9.88 Å². The Morgan fingerprint density at radius 2 is 1.92 bits per heavy atom. The fraction of sp³-hybridized carbons (Fsp3) is 0.300. The molecule has 2 heterocycles. The van der Waals surface area contributed by atoms with E-state index >= 15 is 0 Å². The van der Waals surface area contributed by atoms with E-state index in [0.29, 0.717) is 6.42 Å². The van der Waals surface area contributed by atoms with Crippen LogP contribution in [0.4, 0.5) is 0 Å². The van der Waals surface area contributed by atoms with E-state index in [-0.39, 0.29) is 11.9 Å². The second kappa shape index (κ2) is 6.73. The van der Waals surface area contributed by atoms with Gasteiger partial charge in [0.15, 0.2) is 0 Å². The highest BCUT2D eigenvalue weighted by Gasteiger charge is 2.29. The summed E-state index contributed by atoms with van der Waals surface area (Å²) in [7, 11) is 0. The minimum absolute atomic E-state index is 0.245. The van der Waals surface area contributed by atoms with Crippen LogP contribution in [-0.4, -0.2) is 22.3 Å². The summed E-state index contributed by atoms with van der Waals surface area (Å²) in [6.45, 7) is 0.873. The molecule has 0 saturated carbocycles. The van der Waals surface area contributed by atoms with Gasteiger partial charge in [0, 0.05) is 19.4 Å². The number of hydrogen-bond donors (Lipinski definition) is 0. The number of nitrogens with zero attached hydrogens (tertiary/aromatic N) is 2. The average molecular weight is 336 g/mol. The first-order valence-electron chi connectivity index (χ1n) is 8.50. The highest BCUT2D eigenvalue weighted by molar-refractivity contribution is 7.18. The molecule has 0 radical (unpaired) electrons. The number of carbonyl (C=O) groups excluding carboxylic acids is 1. The molecule has 4 rings (SSSR count). The molecule has 1 atom stereocenters. The van der Waals surface area contributed by atoms with Crippen LogP contribution in [0.1, 0.15) is 35.9 Å². The topological polar surface area (TPSA) is 33.2 Å². The largest absolute Gasteiger partial charge is 0.336 e. The summed E-state index contributed by atoms with van der Waals surface area (Å²) in [6, 6.07) is 18.8. The Morgan fingerprint density at radius 1 is 1.12 bits per heavy atom. The van der Waals surface area contributed by atoms with Crippen molar-refractivity contribution in [3.8, 4) is 0 Å². The average Bonchev–Trinajstić information content (AvgIpc) is 3.27. The van der Waals surface area contributed by atoms with Gasteiger partial charge in [-0.15, -0.1) is 11.3 Å². The van der Waals surface area contributed by atoms with E-state index < -0.39 is 0 Å². The Bertz CT molecular complexity index is 810. The number of amides is 1. The molecule has 1 aliphatic heterocycles. The third-order valence-corrected chi connectivity index (χ3v) is 5.74. The highest BCUT2D eigenvalue weighted by atomic mass is 32.1. The van der Waals surface area contributed by atoms with Crippen molar-refractivity contribution in [2.45, 2.75) is 31.7 Å². The first-order chi connectivity index (χ1) is 11.8. The summed E-state index contributed by atoms with van der Waals surface area (Å²) in [5.74, 6) is 0.251. The highest BCUT2D eigenvalue weighted by Crippen LogP contribution is 2.32. The zero-order valence-corrected chi connectivity index (χ0v) is 14.3. The maximum atomic E-state index is 12.7. The number of carbonyl (C=O) groups is 1. The molecular formula is C20H20N2OS. The molecule has 0 aliphatic carbocycles. The molecule has 3 nitrogen and oxygen atoms in total. The lowest BCUT2D eigenvalue weighted by Gasteiger charge is -2.25. The van der Waals surface area contributed by atoms with E-state index in [2.05, 4.69) is 40.2 Å². The summed E-state index contributed by atoms with van der Waals surface area (Å²) in [5.41, 5.74) is 2.29. The molecule has 1 aromatic heterocycles. The number of likely N-dealkylation sites (tertiary alicyclic amines) is 1. The monoisotopic (exact) mass is 336 g/mol. The number of fused-ring (bicyclic) bond motifs is 1. The summed E-state index contributed by atoms with van der Waals surface area (Å²) in [4.78, 5) is 19.4. The molecule has 3 aromatic rings. The number of hydrogen-bond acceptors (Lipinski definition) is 3. The maximum Gasteiger partial charge on any atom is 0.223 e. The molecule has 1 unspecified atom stereocenters. The van der Waals surface area contributed by atoms with E-state index in [1.54, 1.807) is 11.3 Å². The molecule has 1 amide bonds. The molecular weight excluding hydrogens is 316 g/mol. The Kier molecular flexibility index (Phi) is 4.30. The van der Waals surface area contributed by atoms with Gasteiger partial charge in [-0.1, -0.05) is 42.5 Å². The first kappa shape index (κ1) is 15.3. The van der Waals surface area contributed by atoms with Gasteiger partial charge in [0.2, 0.25) is 5.91 Å². The van der Waals surface area contributed by atoms with Crippen LogP contribution in [0, 0.1) is 0 Å². The maximum absolute atomic E-state index is 12.7. The second-order valence-electron chi connectivity index (χ2n) is 6.23. The predicted octanol–water partition coefficient (Wildman–Crippen LogP) is 4.59. The van der Waals surface area contributed by atoms with E-state index in [9.17, 15) is 4.79 Å². The van der Waals surface area contributed by atoms with Gasteiger partial charge < -0.3 is 4.90 Å². The summed E-state index contributed by atoms with van der Waals surface area (Å²) in [5, 5.41) is 1.06. The molecule has 0 bridgehead atoms. The molecule has 24 heavy (non-hydrogen) atoms. The van der Waals surface area contributed by atoms with E-state index in [1.165, 1.54) is 10.3 Å². The third kappa shape index (κ3) is 3.06. The number of rotatable bonds is 4. The van der Waals surface area contributed by atoms with Gasteiger partial charge >= 0.3 is 0 Å². The van der Waals surface area contributed by atoms with Crippen LogP contribution in [0.15, 0.2) is 54.6 Å². The van der Waals surface area contributed by atoms with Gasteiger partial charge in [-0.2, -0.15) is 0 Å². The number of aromatic nitrogens is 1. The smallest absolute Gasteiger partial charge is 0.223 e. The van der Waals surface area contributed by atoms with Crippen molar-refractivity contribution in [1.29, 1.82) is 0 Å². The van der Waals surface area contributed by atoms with Crippen LogP contribution in [0.3, 0.4) is 0 Å². The van der Waals surface area contributed by atoms with Crippen LogP contribution in [0.5, 0.6) is 0 Å². The van der Waals surface area contributed by atoms with Crippen LogP contribution < -0.4 is 0 Å². The molecule has 4 heteroatoms. The van der Waals surface area contributed by atoms with Gasteiger partial charge in [-0.3, -0.25) is 4.79 Å². The van der Waals surface area contributed by atoms with Gasteiger partial charge in [-0.25, -0.2) is 4.98 Å². The normalized spacial score (nSPS) is 17.5. The first-order valence-corrected chi connectivity index (χ1v) is 9.32. The molecule has 0 N–H and O–H groups in total. The number of para-hydroxylation sites is 1. The van der Waals surface area contributed by atoms with Crippen LogP contribution in [0.2, 0.25) is 0 Å². The van der Waals surface area contributed by atoms with E-state index in [4.69, 9.17) is 0 Å². The third-order valence-electron chi connectivity index (χ3n) is 4.65. The summed E-state index contributed by atoms with van der Waals surface area (Å²) < 4.78 is 1.20. The van der Waals surface area contributed by atoms with Gasteiger partial charge in [0.25, 0.3) is 0 Å². The van der Waals surface area contributed by atoms with Crippen molar-refractivity contribution >= 4 is 27.5 Å². The lowest BCUT2D eigenvalue weighted by Crippen LogP contribution is -2.30. The minimum Gasteiger partial charge on any atom is -0.336 e. The Hall–Kier alpha value is -2.20. The zero-order valence-electron chi connectivity index (χ0n) is 13.5. The second-order valence-corrected chi connectivity index (χ2v) is 7.35. The fourth-order valence-corrected chi connectivity index (χ4v) is 4.44. The number of thiazole rings is 1. The van der Waals surface area contributed by atoms with Gasteiger partial charge in [0.1, 0.15) is 0 Å². The van der Waals surface area contributed by atoms with E-state index in [0.717, 1.165) is 36.3 Å². The minimum atomic E-state index is 0.245. The Labute approximate surface area is 146 Å². The Balaban J connectivity index is 1.43. The van der Waals surface area contributed by atoms with Gasteiger partial charge in [-0.05, 0) is 30.5 Å². The lowest BCUT2D eigenvalue weighted by atomic mass is 10.0. The Morgan fingerprint density at radius 3 is 2.75 bits per heavy atom. The molecule has 1 aliphatic rings. The van der Waals surface area contributed by atoms with Crippen molar-refractivity contribution in [3.05, 3.63) is 65.2 Å². The van der Waals surface area contributed by atoms with Crippen LogP contribution in [-0.2, 0) is 11.2 Å². The van der Waals surface area contributed by atoms with Crippen molar-refractivity contribution in [3.63, 3.8) is 0 Å². The predicted molar refractivity (Wildman–Crippen MR) is 98.1 cm³/mol. The molecule has 1 fully saturated rings. The molecule has 0 spiro atoms. The van der Waals surface area contributed by atoms with Crippen molar-refractivity contribution in [2.75, 3.05) is 6.54 Å². The lowest BCUT2D eigenvalue weighted by molar-refractivity contribution is -0.132. The van der Waals surface area contributed by atoms with Crippen molar-refractivity contribution < 1.29 is 4.79 Å². The standard InChI is InChI=1S/C20H20N2OS/c23-20(13-12-19-21-16-9-4-5-11-18(16)24-19)22-14-6-10-17(22)15-7-2-1-3-8-15/h1-5,7-9,11,17H,6,10,12-14H2. The van der Waals surface area contributed by atoms with Crippen LogP contribution in [0.25, 0.3) is 10.2 Å². The summed E-state index contributed by atoms with van der Waals surface area (Å²) in [6.07, 6.45) is 3.43. The number of aryl methyl sites for hydroxylation is 1. The van der Waals surface area contributed by atoms with Crippen molar-refractivity contribution in [2.24, 2.45) is 0 Å². The zero-order chi connectivity index (χ0) is 16.4. The molecule has 1 saturated heterocycles.